The Labute approximate surface area is 152 Å². The molecule has 3 rings (SSSR count). The minimum atomic E-state index is -1.09. The van der Waals surface area contributed by atoms with Gasteiger partial charge in [-0.15, -0.1) is 0 Å². The number of ether oxygens (including phenoxy) is 2. The molecule has 3 aliphatic heterocycles. The molecule has 0 aliphatic carbocycles. The monoisotopic (exact) mass is 369 g/mol. The van der Waals surface area contributed by atoms with Crippen molar-refractivity contribution >= 4 is 17.8 Å². The molecule has 0 unspecified atom stereocenters. The van der Waals surface area contributed by atoms with Crippen molar-refractivity contribution < 1.29 is 29.0 Å². The first-order chi connectivity index (χ1) is 12.3. The molecule has 3 fully saturated rings. The zero-order valence-corrected chi connectivity index (χ0v) is 15.3. The van der Waals surface area contributed by atoms with Crippen LogP contribution in [-0.2, 0) is 23.9 Å². The number of hydrogen-bond acceptors (Lipinski definition) is 6. The predicted octanol–water partition coefficient (Wildman–Crippen LogP) is -1.13. The Balaban J connectivity index is 1.64. The van der Waals surface area contributed by atoms with E-state index in [1.165, 1.54) is 0 Å². The topological polar surface area (TPSA) is 99.6 Å². The standard InChI is InChI=1S/C17H27N3O6/c1-12(2)16(24)18-5-13-6-25-4-3-20(13)17(9-18)10-19(11-17)14(21)7-26-8-15(22)23/h12-13H,3-11H2,1-2H3,(H,22,23)/t13-/m1/s1. The summed E-state index contributed by atoms with van der Waals surface area (Å²) in [6, 6.07) is 0.153. The van der Waals surface area contributed by atoms with Gasteiger partial charge in [-0.2, -0.15) is 0 Å². The van der Waals surface area contributed by atoms with Gasteiger partial charge in [0.1, 0.15) is 13.2 Å². The highest BCUT2D eigenvalue weighted by atomic mass is 16.5. The number of carboxylic acid groups (broad SMARTS) is 1. The Morgan fingerprint density at radius 2 is 1.88 bits per heavy atom. The number of amides is 2. The molecule has 0 radical (unpaired) electrons. The fourth-order valence-electron chi connectivity index (χ4n) is 4.17. The van der Waals surface area contributed by atoms with Crippen molar-refractivity contribution in [3.63, 3.8) is 0 Å². The molecule has 1 N–H and O–H groups in total. The quantitative estimate of drug-likeness (QED) is 0.654. The van der Waals surface area contributed by atoms with E-state index in [4.69, 9.17) is 14.6 Å². The van der Waals surface area contributed by atoms with Gasteiger partial charge in [-0.1, -0.05) is 13.8 Å². The molecule has 3 aliphatic rings. The van der Waals surface area contributed by atoms with Crippen LogP contribution in [0.15, 0.2) is 0 Å². The molecule has 1 spiro atoms. The molecule has 0 saturated carbocycles. The van der Waals surface area contributed by atoms with E-state index in [-0.39, 0.29) is 35.9 Å². The molecule has 26 heavy (non-hydrogen) atoms. The van der Waals surface area contributed by atoms with Crippen LogP contribution < -0.4 is 0 Å². The number of likely N-dealkylation sites (tertiary alicyclic amines) is 1. The maximum atomic E-state index is 12.5. The molecule has 9 nitrogen and oxygen atoms in total. The number of hydrogen-bond donors (Lipinski definition) is 1. The van der Waals surface area contributed by atoms with Crippen LogP contribution in [-0.4, -0.2) is 108 Å². The van der Waals surface area contributed by atoms with E-state index >= 15 is 0 Å². The first-order valence-electron chi connectivity index (χ1n) is 9.03. The van der Waals surface area contributed by atoms with E-state index in [2.05, 4.69) is 4.90 Å². The summed E-state index contributed by atoms with van der Waals surface area (Å²) in [5, 5.41) is 8.58. The van der Waals surface area contributed by atoms with Gasteiger partial charge in [0, 0.05) is 38.6 Å². The second kappa shape index (κ2) is 7.50. The zero-order chi connectivity index (χ0) is 18.9. The lowest BCUT2D eigenvalue weighted by Crippen LogP contribution is -2.81. The number of carbonyl (C=O) groups is 3. The van der Waals surface area contributed by atoms with Gasteiger partial charge in [-0.25, -0.2) is 4.79 Å². The average molecular weight is 369 g/mol. The van der Waals surface area contributed by atoms with Crippen LogP contribution in [0.2, 0.25) is 0 Å². The number of carboxylic acids is 1. The molecule has 3 saturated heterocycles. The summed E-state index contributed by atoms with van der Waals surface area (Å²) >= 11 is 0. The Morgan fingerprint density at radius 3 is 2.54 bits per heavy atom. The number of aliphatic carboxylic acids is 1. The fraction of sp³-hybridized carbons (Fsp3) is 0.824. The van der Waals surface area contributed by atoms with E-state index in [9.17, 15) is 14.4 Å². The van der Waals surface area contributed by atoms with E-state index in [1.807, 2.05) is 18.7 Å². The number of fused-ring (bicyclic) bond motifs is 2. The van der Waals surface area contributed by atoms with Gasteiger partial charge >= 0.3 is 5.97 Å². The van der Waals surface area contributed by atoms with E-state index < -0.39 is 12.6 Å². The molecule has 0 bridgehead atoms. The largest absolute Gasteiger partial charge is 0.480 e. The molecule has 0 aromatic heterocycles. The van der Waals surface area contributed by atoms with Crippen molar-refractivity contribution in [2.24, 2.45) is 5.92 Å². The van der Waals surface area contributed by atoms with Gasteiger partial charge in [-0.3, -0.25) is 14.5 Å². The van der Waals surface area contributed by atoms with Crippen LogP contribution in [0, 0.1) is 5.92 Å². The first-order valence-corrected chi connectivity index (χ1v) is 9.03. The second-order valence-electron chi connectivity index (χ2n) is 7.66. The van der Waals surface area contributed by atoms with Crippen LogP contribution in [0.1, 0.15) is 13.8 Å². The SMILES string of the molecule is CC(C)C(=O)N1C[C@@H]2COCCN2C2(CN(C(=O)COCC(=O)O)C2)C1. The van der Waals surface area contributed by atoms with Crippen molar-refractivity contribution in [1.82, 2.24) is 14.7 Å². The summed E-state index contributed by atoms with van der Waals surface area (Å²) in [4.78, 5) is 41.2. The Morgan fingerprint density at radius 1 is 1.19 bits per heavy atom. The minimum absolute atomic E-state index is 0.0645. The van der Waals surface area contributed by atoms with Gasteiger partial charge in [0.25, 0.3) is 0 Å². The molecule has 146 valence electrons. The summed E-state index contributed by atoms with van der Waals surface area (Å²) in [6.07, 6.45) is 0. The predicted molar refractivity (Wildman–Crippen MR) is 90.5 cm³/mol. The van der Waals surface area contributed by atoms with Crippen molar-refractivity contribution in [2.75, 3.05) is 59.2 Å². The number of piperazine rings is 1. The number of carbonyl (C=O) groups excluding carboxylic acids is 2. The summed E-state index contributed by atoms with van der Waals surface area (Å²) in [6.45, 7) is 7.47. The lowest BCUT2D eigenvalue weighted by molar-refractivity contribution is -0.184. The summed E-state index contributed by atoms with van der Waals surface area (Å²) in [5.74, 6) is -1.24. The van der Waals surface area contributed by atoms with Crippen molar-refractivity contribution in [3.05, 3.63) is 0 Å². The molecule has 0 aromatic rings. The van der Waals surface area contributed by atoms with Gasteiger partial charge in [-0.05, 0) is 0 Å². The van der Waals surface area contributed by atoms with Gasteiger partial charge in [0.05, 0.1) is 24.8 Å². The highest BCUT2D eigenvalue weighted by Gasteiger charge is 2.56. The van der Waals surface area contributed by atoms with Gasteiger partial charge in [0.2, 0.25) is 11.8 Å². The highest BCUT2D eigenvalue weighted by Crippen LogP contribution is 2.36. The Hall–Kier alpha value is -1.71. The van der Waals surface area contributed by atoms with Crippen LogP contribution >= 0.6 is 0 Å². The zero-order valence-electron chi connectivity index (χ0n) is 15.3. The second-order valence-corrected chi connectivity index (χ2v) is 7.66. The van der Waals surface area contributed by atoms with Crippen LogP contribution in [0.5, 0.6) is 0 Å². The maximum Gasteiger partial charge on any atom is 0.329 e. The third-order valence-electron chi connectivity index (χ3n) is 5.33. The number of morpholine rings is 1. The summed E-state index contributed by atoms with van der Waals surface area (Å²) in [5.41, 5.74) is -0.236. The van der Waals surface area contributed by atoms with E-state index in [1.54, 1.807) is 4.90 Å². The maximum absolute atomic E-state index is 12.5. The third kappa shape index (κ3) is 3.70. The lowest BCUT2D eigenvalue weighted by atomic mass is 9.82. The normalized spacial score (nSPS) is 25.1. The molecule has 2 amide bonds. The first kappa shape index (κ1) is 19.1. The van der Waals surface area contributed by atoms with Crippen molar-refractivity contribution in [3.8, 4) is 0 Å². The van der Waals surface area contributed by atoms with Crippen LogP contribution in [0.3, 0.4) is 0 Å². The lowest BCUT2D eigenvalue weighted by Gasteiger charge is -2.63. The molecule has 3 heterocycles. The molecule has 9 heteroatoms. The summed E-state index contributed by atoms with van der Waals surface area (Å²) in [7, 11) is 0. The van der Waals surface area contributed by atoms with Crippen LogP contribution in [0.25, 0.3) is 0 Å². The van der Waals surface area contributed by atoms with Crippen LogP contribution in [0.4, 0.5) is 0 Å². The Bertz CT molecular complexity index is 575. The van der Waals surface area contributed by atoms with Crippen molar-refractivity contribution in [1.29, 1.82) is 0 Å². The minimum Gasteiger partial charge on any atom is -0.480 e. The summed E-state index contributed by atoms with van der Waals surface area (Å²) < 4.78 is 10.5. The van der Waals surface area contributed by atoms with Gasteiger partial charge < -0.3 is 24.4 Å². The third-order valence-corrected chi connectivity index (χ3v) is 5.33. The smallest absolute Gasteiger partial charge is 0.329 e. The van der Waals surface area contributed by atoms with Crippen molar-refractivity contribution in [2.45, 2.75) is 25.4 Å². The van der Waals surface area contributed by atoms with E-state index in [0.717, 1.165) is 6.54 Å². The molecule has 0 aromatic carbocycles. The molecule has 1 atom stereocenters. The average Bonchev–Trinajstić information content (AvgIpc) is 2.57. The molecular formula is C17H27N3O6. The number of rotatable bonds is 5. The fourth-order valence-corrected chi connectivity index (χ4v) is 4.17. The van der Waals surface area contributed by atoms with Gasteiger partial charge in [0.15, 0.2) is 0 Å². The molecular weight excluding hydrogens is 342 g/mol. The Kier molecular flexibility index (Phi) is 5.50. The highest BCUT2D eigenvalue weighted by molar-refractivity contribution is 5.80. The van der Waals surface area contributed by atoms with E-state index in [0.29, 0.717) is 39.4 Å². The number of nitrogens with zero attached hydrogens (tertiary/aromatic N) is 3.